The van der Waals surface area contributed by atoms with Crippen LogP contribution in [0.2, 0.25) is 0 Å². The van der Waals surface area contributed by atoms with Crippen molar-refractivity contribution >= 4 is 0 Å². The van der Waals surface area contributed by atoms with Gasteiger partial charge in [0.15, 0.2) is 0 Å². The topological polar surface area (TPSA) is 0 Å². The Kier molecular flexibility index (Phi) is 24.7. The average molecular weight is 275 g/mol. The van der Waals surface area contributed by atoms with Gasteiger partial charge in [-0.05, 0) is 0 Å². The maximum atomic E-state index is 3.84. The molecule has 0 aromatic carbocycles. The third kappa shape index (κ3) is 13.2. The van der Waals surface area contributed by atoms with Gasteiger partial charge in [0.1, 0.15) is 0 Å². The molecule has 2 heteroatoms. The van der Waals surface area contributed by atoms with E-state index in [1.54, 1.807) is 0 Å². The fraction of sp³-hybridized carbons (Fsp3) is 0.571. The van der Waals surface area contributed by atoms with Crippen LogP contribution in [0.1, 0.15) is 19.3 Å². The van der Waals surface area contributed by atoms with Gasteiger partial charge in [0.2, 0.25) is 0 Å². The average Bonchev–Trinajstić information content (AvgIpc) is 1.68. The molecule has 0 aromatic heterocycles. The van der Waals surface area contributed by atoms with E-state index in [-0.39, 0.29) is 65.4 Å². The molecule has 0 heterocycles. The Morgan fingerprint density at radius 3 is 1.67 bits per heavy atom. The standard InChI is InChI=1S/C7H13.2Y/c1-4-6-7(3)5-2;;/h7H,1-6H2;;/q-3;;. The molecule has 0 rings (SSSR count). The summed E-state index contributed by atoms with van der Waals surface area (Å²) >= 11 is 0. The van der Waals surface area contributed by atoms with Crippen molar-refractivity contribution in [2.45, 2.75) is 19.3 Å². The molecular weight excluding hydrogens is 262 g/mol. The smallest absolute Gasteiger partial charge is 0 e. The van der Waals surface area contributed by atoms with Crippen molar-refractivity contribution < 1.29 is 65.4 Å². The summed E-state index contributed by atoms with van der Waals surface area (Å²) in [7, 11) is 0. The van der Waals surface area contributed by atoms with Crippen LogP contribution in [0.25, 0.3) is 0 Å². The zero-order chi connectivity index (χ0) is 5.70. The van der Waals surface area contributed by atoms with Crippen LogP contribution in [0.4, 0.5) is 0 Å². The van der Waals surface area contributed by atoms with Gasteiger partial charge in [-0.15, -0.1) is 6.42 Å². The van der Waals surface area contributed by atoms with Crippen LogP contribution in [0.3, 0.4) is 0 Å². The molecule has 2 radical (unpaired) electrons. The van der Waals surface area contributed by atoms with E-state index in [1.807, 2.05) is 0 Å². The minimum absolute atomic E-state index is 0. The molecule has 0 aromatic rings. The normalized spacial score (nSPS) is 11.0. The minimum Gasteiger partial charge on any atom is -0.345 e. The quantitative estimate of drug-likeness (QED) is 0.693. The molecule has 0 amide bonds. The largest absolute Gasteiger partial charge is 0.345 e. The third-order valence-electron chi connectivity index (χ3n) is 1.02. The fourth-order valence-electron chi connectivity index (χ4n) is 0.433. The molecule has 0 aliphatic carbocycles. The Bertz CT molecular complexity index is 37.9. The molecule has 0 bridgehead atoms. The second-order valence-corrected chi connectivity index (χ2v) is 1.80. The van der Waals surface area contributed by atoms with Crippen molar-refractivity contribution in [3.63, 3.8) is 0 Å². The van der Waals surface area contributed by atoms with Gasteiger partial charge < -0.3 is 20.8 Å². The first kappa shape index (κ1) is 17.3. The van der Waals surface area contributed by atoms with E-state index in [9.17, 15) is 0 Å². The summed E-state index contributed by atoms with van der Waals surface area (Å²) in [6.07, 6.45) is 3.04. The van der Waals surface area contributed by atoms with Crippen LogP contribution in [0.5, 0.6) is 0 Å². The molecule has 0 saturated carbocycles. The molecule has 1 unspecified atom stereocenters. The minimum atomic E-state index is 0. The van der Waals surface area contributed by atoms with E-state index in [1.165, 1.54) is 0 Å². The van der Waals surface area contributed by atoms with E-state index >= 15 is 0 Å². The summed E-state index contributed by atoms with van der Waals surface area (Å²) in [6.45, 7) is 11.3. The molecule has 9 heavy (non-hydrogen) atoms. The van der Waals surface area contributed by atoms with Crippen LogP contribution in [-0.4, -0.2) is 0 Å². The van der Waals surface area contributed by atoms with E-state index in [4.69, 9.17) is 0 Å². The maximum absolute atomic E-state index is 3.84. The van der Waals surface area contributed by atoms with Crippen molar-refractivity contribution in [1.82, 2.24) is 0 Å². The molecule has 0 aliphatic heterocycles. The number of hydrogen-bond donors (Lipinski definition) is 0. The number of hydrogen-bond acceptors (Lipinski definition) is 0. The fourth-order valence-corrected chi connectivity index (χ4v) is 0.433. The van der Waals surface area contributed by atoms with Crippen molar-refractivity contribution in [2.24, 2.45) is 5.92 Å². The molecule has 0 saturated heterocycles. The summed E-state index contributed by atoms with van der Waals surface area (Å²) in [5, 5.41) is 0. The molecular formula is C7H13Y2-3. The van der Waals surface area contributed by atoms with Gasteiger partial charge in [0, 0.05) is 65.4 Å². The van der Waals surface area contributed by atoms with Crippen LogP contribution in [0, 0.1) is 26.7 Å². The monoisotopic (exact) mass is 275 g/mol. The van der Waals surface area contributed by atoms with Crippen molar-refractivity contribution in [1.29, 1.82) is 0 Å². The van der Waals surface area contributed by atoms with E-state index in [0.29, 0.717) is 5.92 Å². The predicted molar refractivity (Wildman–Crippen MR) is 33.4 cm³/mol. The van der Waals surface area contributed by atoms with Crippen molar-refractivity contribution in [3.05, 3.63) is 20.8 Å². The summed E-state index contributed by atoms with van der Waals surface area (Å²) < 4.78 is 0. The molecule has 0 N–H and O–H groups in total. The molecule has 50 valence electrons. The zero-order valence-electron chi connectivity index (χ0n) is 5.97. The van der Waals surface area contributed by atoms with Gasteiger partial charge in [0.25, 0.3) is 0 Å². The second kappa shape index (κ2) is 12.8. The Balaban J connectivity index is -0.000000180. The predicted octanol–water partition coefficient (Wildman–Crippen LogP) is 2.27. The van der Waals surface area contributed by atoms with Crippen molar-refractivity contribution in [2.75, 3.05) is 0 Å². The van der Waals surface area contributed by atoms with Gasteiger partial charge in [-0.25, -0.2) is 6.42 Å². The maximum Gasteiger partial charge on any atom is 0 e. The first-order chi connectivity index (χ1) is 3.31. The Morgan fingerprint density at radius 2 is 1.56 bits per heavy atom. The van der Waals surface area contributed by atoms with Crippen LogP contribution in [0.15, 0.2) is 0 Å². The van der Waals surface area contributed by atoms with Gasteiger partial charge in [-0.3, -0.25) is 0 Å². The summed E-state index contributed by atoms with van der Waals surface area (Å²) in [4.78, 5) is 0. The first-order valence-corrected chi connectivity index (χ1v) is 2.72. The van der Waals surface area contributed by atoms with Gasteiger partial charge in [-0.2, -0.15) is 12.3 Å². The van der Waals surface area contributed by atoms with Gasteiger partial charge in [-0.1, -0.05) is 0 Å². The molecule has 0 aliphatic rings. The first-order valence-electron chi connectivity index (χ1n) is 2.72. The van der Waals surface area contributed by atoms with Crippen molar-refractivity contribution in [3.8, 4) is 0 Å². The second-order valence-electron chi connectivity index (χ2n) is 1.80. The zero-order valence-corrected chi connectivity index (χ0v) is 11.7. The summed E-state index contributed by atoms with van der Waals surface area (Å²) in [6, 6.07) is 0. The van der Waals surface area contributed by atoms with Crippen LogP contribution in [-0.2, 0) is 65.4 Å². The molecule has 0 nitrogen and oxygen atoms in total. The van der Waals surface area contributed by atoms with E-state index in [0.717, 1.165) is 19.3 Å². The van der Waals surface area contributed by atoms with Crippen LogP contribution >= 0.6 is 0 Å². The summed E-state index contributed by atoms with van der Waals surface area (Å²) in [5.74, 6) is 0.525. The Labute approximate surface area is 110 Å². The molecule has 1 atom stereocenters. The number of rotatable bonds is 3. The van der Waals surface area contributed by atoms with Crippen LogP contribution < -0.4 is 0 Å². The van der Waals surface area contributed by atoms with E-state index < -0.39 is 0 Å². The summed E-state index contributed by atoms with van der Waals surface area (Å²) in [5.41, 5.74) is 0. The van der Waals surface area contributed by atoms with E-state index in [2.05, 4.69) is 20.8 Å². The Morgan fingerprint density at radius 1 is 1.11 bits per heavy atom. The SMILES string of the molecule is [CH2-]CCC([CH2-])C[CH2-].[Y].[Y]. The molecule has 0 fully saturated rings. The Hall–Kier alpha value is 2.21. The van der Waals surface area contributed by atoms with Gasteiger partial charge >= 0.3 is 0 Å². The molecule has 0 spiro atoms. The van der Waals surface area contributed by atoms with Gasteiger partial charge in [0.05, 0.1) is 0 Å². The third-order valence-corrected chi connectivity index (χ3v) is 1.02.